The first-order valence-electron chi connectivity index (χ1n) is 6.04. The van der Waals surface area contributed by atoms with Gasteiger partial charge in [0.25, 0.3) is 12.3 Å². The molecular weight excluding hydrogens is 292 g/mol. The van der Waals surface area contributed by atoms with Gasteiger partial charge in [0.15, 0.2) is 6.10 Å². The molecule has 0 aliphatic carbocycles. The molecule has 1 aromatic rings. The van der Waals surface area contributed by atoms with Crippen molar-refractivity contribution in [2.75, 3.05) is 19.7 Å². The number of alkyl halides is 2. The molecule has 4 nitrogen and oxygen atoms in total. The third kappa shape index (κ3) is 5.30. The SMILES string of the molecule is CC(Oc1ccc(Cl)cc1)C(=O)N(CCO)CC(F)F. The van der Waals surface area contributed by atoms with E-state index in [2.05, 4.69) is 0 Å². The zero-order valence-electron chi connectivity index (χ0n) is 10.9. The molecule has 1 aromatic carbocycles. The zero-order valence-corrected chi connectivity index (χ0v) is 11.7. The van der Waals surface area contributed by atoms with Gasteiger partial charge in [0, 0.05) is 11.6 Å². The smallest absolute Gasteiger partial charge is 0.263 e. The Bertz CT molecular complexity index is 428. The maximum Gasteiger partial charge on any atom is 0.263 e. The number of halogens is 3. The number of ether oxygens (including phenoxy) is 1. The molecule has 112 valence electrons. The Hall–Kier alpha value is -1.40. The van der Waals surface area contributed by atoms with E-state index < -0.39 is 25.0 Å². The van der Waals surface area contributed by atoms with E-state index in [-0.39, 0.29) is 13.2 Å². The van der Waals surface area contributed by atoms with E-state index in [9.17, 15) is 13.6 Å². The highest BCUT2D eigenvalue weighted by molar-refractivity contribution is 6.30. The summed E-state index contributed by atoms with van der Waals surface area (Å²) in [5, 5.41) is 9.33. The van der Waals surface area contributed by atoms with Crippen LogP contribution in [-0.2, 0) is 4.79 Å². The third-order valence-electron chi connectivity index (χ3n) is 2.51. The predicted molar refractivity (Wildman–Crippen MR) is 71.2 cm³/mol. The second-order valence-corrected chi connectivity index (χ2v) is 4.55. The normalized spacial score (nSPS) is 12.3. The molecule has 0 aliphatic heterocycles. The zero-order chi connectivity index (χ0) is 15.1. The molecular formula is C13H16ClF2NO3. The molecule has 0 saturated heterocycles. The van der Waals surface area contributed by atoms with Crippen molar-refractivity contribution >= 4 is 17.5 Å². The number of nitrogens with zero attached hydrogens (tertiary/aromatic N) is 1. The molecule has 0 aromatic heterocycles. The minimum absolute atomic E-state index is 0.155. The number of carbonyl (C=O) groups is 1. The quantitative estimate of drug-likeness (QED) is 0.840. The molecule has 0 fully saturated rings. The molecule has 0 radical (unpaired) electrons. The summed E-state index contributed by atoms with van der Waals surface area (Å²) in [5.74, 6) is -0.189. The van der Waals surface area contributed by atoms with Crippen LogP contribution in [0.25, 0.3) is 0 Å². The molecule has 1 N–H and O–H groups in total. The highest BCUT2D eigenvalue weighted by Crippen LogP contribution is 2.17. The van der Waals surface area contributed by atoms with Gasteiger partial charge in [0.05, 0.1) is 13.2 Å². The lowest BCUT2D eigenvalue weighted by atomic mass is 10.3. The van der Waals surface area contributed by atoms with Gasteiger partial charge < -0.3 is 14.7 Å². The summed E-state index contributed by atoms with van der Waals surface area (Å²) in [5.41, 5.74) is 0. The number of amides is 1. The molecule has 0 spiro atoms. The van der Waals surface area contributed by atoms with Gasteiger partial charge in [-0.15, -0.1) is 0 Å². The monoisotopic (exact) mass is 307 g/mol. The topological polar surface area (TPSA) is 49.8 Å². The standard InChI is InChI=1S/C13H16ClF2NO3/c1-9(20-11-4-2-10(14)3-5-11)13(19)17(6-7-18)8-12(15)16/h2-5,9,12,18H,6-8H2,1H3. The lowest BCUT2D eigenvalue weighted by Crippen LogP contribution is -2.44. The van der Waals surface area contributed by atoms with Gasteiger partial charge in [0.2, 0.25) is 0 Å². The number of rotatable bonds is 7. The molecule has 0 bridgehead atoms. The van der Waals surface area contributed by atoms with Crippen LogP contribution in [-0.4, -0.2) is 48.1 Å². The van der Waals surface area contributed by atoms with Crippen molar-refractivity contribution in [3.05, 3.63) is 29.3 Å². The fourth-order valence-electron chi connectivity index (χ4n) is 1.60. The molecule has 0 heterocycles. The number of hydrogen-bond donors (Lipinski definition) is 1. The Kier molecular flexibility index (Phi) is 6.67. The van der Waals surface area contributed by atoms with Crippen molar-refractivity contribution in [2.24, 2.45) is 0 Å². The number of aliphatic hydroxyl groups excluding tert-OH is 1. The Balaban J connectivity index is 2.65. The molecule has 1 amide bonds. The van der Waals surface area contributed by atoms with Crippen molar-refractivity contribution in [1.29, 1.82) is 0 Å². The van der Waals surface area contributed by atoms with Crippen molar-refractivity contribution in [3.63, 3.8) is 0 Å². The average Bonchev–Trinajstić information content (AvgIpc) is 2.39. The summed E-state index contributed by atoms with van der Waals surface area (Å²) in [4.78, 5) is 12.9. The predicted octanol–water partition coefficient (Wildman–Crippen LogP) is 2.19. The lowest BCUT2D eigenvalue weighted by Gasteiger charge is -2.25. The fraction of sp³-hybridized carbons (Fsp3) is 0.462. The minimum atomic E-state index is -2.66. The van der Waals surface area contributed by atoms with Gasteiger partial charge in [-0.2, -0.15) is 0 Å². The van der Waals surface area contributed by atoms with Gasteiger partial charge in [-0.25, -0.2) is 8.78 Å². The second-order valence-electron chi connectivity index (χ2n) is 4.11. The van der Waals surface area contributed by atoms with E-state index in [1.165, 1.54) is 6.92 Å². The lowest BCUT2D eigenvalue weighted by molar-refractivity contribution is -0.140. The third-order valence-corrected chi connectivity index (χ3v) is 2.77. The van der Waals surface area contributed by atoms with Crippen LogP contribution in [0, 0.1) is 0 Å². The largest absolute Gasteiger partial charge is 0.481 e. The highest BCUT2D eigenvalue weighted by Gasteiger charge is 2.24. The van der Waals surface area contributed by atoms with Crippen LogP contribution in [0.2, 0.25) is 5.02 Å². The van der Waals surface area contributed by atoms with Gasteiger partial charge in [-0.05, 0) is 31.2 Å². The maximum atomic E-state index is 12.4. The Labute approximate surface area is 120 Å². The first-order valence-corrected chi connectivity index (χ1v) is 6.42. The van der Waals surface area contributed by atoms with E-state index in [1.54, 1.807) is 24.3 Å². The molecule has 20 heavy (non-hydrogen) atoms. The first kappa shape index (κ1) is 16.7. The highest BCUT2D eigenvalue weighted by atomic mass is 35.5. The summed E-state index contributed by atoms with van der Waals surface area (Å²) >= 11 is 5.72. The van der Waals surface area contributed by atoms with Crippen molar-refractivity contribution in [3.8, 4) is 5.75 Å². The average molecular weight is 308 g/mol. The van der Waals surface area contributed by atoms with Crippen LogP contribution in [0.15, 0.2) is 24.3 Å². The van der Waals surface area contributed by atoms with Crippen LogP contribution in [0.4, 0.5) is 8.78 Å². The number of aliphatic hydroxyl groups is 1. The summed E-state index contributed by atoms with van der Waals surface area (Å²) < 4.78 is 30.1. The van der Waals surface area contributed by atoms with E-state index in [4.69, 9.17) is 21.4 Å². The van der Waals surface area contributed by atoms with Crippen LogP contribution < -0.4 is 4.74 Å². The van der Waals surface area contributed by atoms with E-state index in [1.807, 2.05) is 0 Å². The van der Waals surface area contributed by atoms with Crippen LogP contribution >= 0.6 is 11.6 Å². The number of benzene rings is 1. The van der Waals surface area contributed by atoms with Crippen molar-refractivity contribution in [1.82, 2.24) is 4.90 Å². The van der Waals surface area contributed by atoms with Gasteiger partial charge in [-0.1, -0.05) is 11.6 Å². The van der Waals surface area contributed by atoms with Crippen molar-refractivity contribution in [2.45, 2.75) is 19.5 Å². The molecule has 1 unspecified atom stereocenters. The summed E-state index contributed by atoms with van der Waals surface area (Å²) in [6, 6.07) is 6.35. The second kappa shape index (κ2) is 8.01. The Morgan fingerprint density at radius 3 is 2.50 bits per heavy atom. The van der Waals surface area contributed by atoms with E-state index >= 15 is 0 Å². The van der Waals surface area contributed by atoms with Crippen LogP contribution in [0.1, 0.15) is 6.92 Å². The van der Waals surface area contributed by atoms with E-state index in [0.717, 1.165) is 4.90 Å². The van der Waals surface area contributed by atoms with Crippen molar-refractivity contribution < 1.29 is 23.4 Å². The Morgan fingerprint density at radius 2 is 2.00 bits per heavy atom. The summed E-state index contributed by atoms with van der Waals surface area (Å²) in [6.07, 6.45) is -3.59. The van der Waals surface area contributed by atoms with Gasteiger partial charge in [0.1, 0.15) is 5.75 Å². The number of hydrogen-bond acceptors (Lipinski definition) is 3. The van der Waals surface area contributed by atoms with Crippen LogP contribution in [0.5, 0.6) is 5.75 Å². The molecule has 1 rings (SSSR count). The maximum absolute atomic E-state index is 12.4. The summed E-state index contributed by atoms with van der Waals surface area (Å²) in [7, 11) is 0. The fourth-order valence-corrected chi connectivity index (χ4v) is 1.73. The Morgan fingerprint density at radius 1 is 1.40 bits per heavy atom. The van der Waals surface area contributed by atoms with E-state index in [0.29, 0.717) is 10.8 Å². The molecule has 0 aliphatic rings. The van der Waals surface area contributed by atoms with Gasteiger partial charge >= 0.3 is 0 Å². The molecule has 0 saturated carbocycles. The molecule has 7 heteroatoms. The molecule has 1 atom stereocenters. The number of carbonyl (C=O) groups excluding carboxylic acids is 1. The minimum Gasteiger partial charge on any atom is -0.481 e. The summed E-state index contributed by atoms with van der Waals surface area (Å²) in [6.45, 7) is 0.199. The van der Waals surface area contributed by atoms with Gasteiger partial charge in [-0.3, -0.25) is 4.79 Å². The van der Waals surface area contributed by atoms with Crippen LogP contribution in [0.3, 0.4) is 0 Å². The first-order chi connectivity index (χ1) is 9.43.